The van der Waals surface area contributed by atoms with Gasteiger partial charge in [-0.25, -0.2) is 8.78 Å². The number of benzene rings is 2. The minimum absolute atomic E-state index is 0.213. The maximum absolute atomic E-state index is 13.6. The molecule has 1 atom stereocenters. The monoisotopic (exact) mass is 343 g/mol. The third-order valence-corrected chi connectivity index (χ3v) is 4.28. The van der Waals surface area contributed by atoms with E-state index in [1.807, 2.05) is 24.3 Å². The van der Waals surface area contributed by atoms with Gasteiger partial charge in [0, 0.05) is 26.7 Å². The van der Waals surface area contributed by atoms with Crippen LogP contribution in [0.25, 0.3) is 0 Å². The Bertz CT molecular complexity index is 560. The van der Waals surface area contributed by atoms with Crippen molar-refractivity contribution in [2.75, 3.05) is 5.75 Å². The van der Waals surface area contributed by atoms with E-state index in [0.717, 1.165) is 15.4 Å². The summed E-state index contributed by atoms with van der Waals surface area (Å²) < 4.78 is 27.7. The molecule has 19 heavy (non-hydrogen) atoms. The molecule has 2 N–H and O–H groups in total. The van der Waals surface area contributed by atoms with E-state index in [1.165, 1.54) is 23.9 Å². The molecule has 2 rings (SSSR count). The average molecular weight is 344 g/mol. The summed E-state index contributed by atoms with van der Waals surface area (Å²) >= 11 is 4.87. The van der Waals surface area contributed by atoms with Gasteiger partial charge in [0.05, 0.1) is 0 Å². The van der Waals surface area contributed by atoms with Crippen molar-refractivity contribution in [1.29, 1.82) is 0 Å². The van der Waals surface area contributed by atoms with Gasteiger partial charge in [-0.2, -0.15) is 0 Å². The second kappa shape index (κ2) is 6.50. The zero-order chi connectivity index (χ0) is 13.8. The zero-order valence-corrected chi connectivity index (χ0v) is 12.3. The zero-order valence-electron chi connectivity index (χ0n) is 9.95. The van der Waals surface area contributed by atoms with Gasteiger partial charge in [0.1, 0.15) is 0 Å². The summed E-state index contributed by atoms with van der Waals surface area (Å²) in [6, 6.07) is 11.3. The molecule has 0 radical (unpaired) electrons. The van der Waals surface area contributed by atoms with Crippen molar-refractivity contribution in [2.45, 2.75) is 10.9 Å². The third kappa shape index (κ3) is 3.78. The predicted molar refractivity (Wildman–Crippen MR) is 78.2 cm³/mol. The quantitative estimate of drug-likeness (QED) is 0.826. The number of thioether (sulfide) groups is 1. The van der Waals surface area contributed by atoms with Gasteiger partial charge in [-0.15, -0.1) is 11.8 Å². The lowest BCUT2D eigenvalue weighted by atomic mass is 10.1. The van der Waals surface area contributed by atoms with Crippen molar-refractivity contribution in [3.05, 3.63) is 64.1 Å². The van der Waals surface area contributed by atoms with Crippen LogP contribution in [0.5, 0.6) is 0 Å². The lowest BCUT2D eigenvalue weighted by Crippen LogP contribution is -2.15. The minimum Gasteiger partial charge on any atom is -0.323 e. The fourth-order valence-electron chi connectivity index (χ4n) is 1.61. The van der Waals surface area contributed by atoms with Crippen LogP contribution in [-0.2, 0) is 0 Å². The van der Waals surface area contributed by atoms with E-state index in [0.29, 0.717) is 5.75 Å². The molecule has 100 valence electrons. The van der Waals surface area contributed by atoms with Crippen LogP contribution in [0, 0.1) is 11.6 Å². The van der Waals surface area contributed by atoms with E-state index >= 15 is 0 Å². The van der Waals surface area contributed by atoms with E-state index in [-0.39, 0.29) is 5.56 Å². The van der Waals surface area contributed by atoms with Crippen molar-refractivity contribution >= 4 is 27.7 Å². The summed E-state index contributed by atoms with van der Waals surface area (Å²) in [5.74, 6) is -1.23. The van der Waals surface area contributed by atoms with Gasteiger partial charge in [-0.1, -0.05) is 28.1 Å². The maximum atomic E-state index is 13.6. The maximum Gasteiger partial charge on any atom is 0.163 e. The number of hydrogen-bond donors (Lipinski definition) is 1. The van der Waals surface area contributed by atoms with Gasteiger partial charge in [-0.05, 0) is 30.3 Å². The standard InChI is InChI=1S/C14H12BrF2NS/c15-9-4-6-10(7-5-9)19-8-13(18)11-2-1-3-12(16)14(11)17/h1-7,13H,8,18H2. The first-order chi connectivity index (χ1) is 9.08. The molecule has 0 heterocycles. The first-order valence-corrected chi connectivity index (χ1v) is 7.43. The minimum atomic E-state index is -0.860. The Morgan fingerprint density at radius 1 is 1.11 bits per heavy atom. The molecule has 5 heteroatoms. The average Bonchev–Trinajstić information content (AvgIpc) is 2.41. The molecule has 0 saturated carbocycles. The van der Waals surface area contributed by atoms with Gasteiger partial charge in [0.25, 0.3) is 0 Å². The second-order valence-electron chi connectivity index (χ2n) is 4.01. The highest BCUT2D eigenvalue weighted by atomic mass is 79.9. The molecule has 0 aliphatic rings. The SMILES string of the molecule is NC(CSc1ccc(Br)cc1)c1cccc(F)c1F. The Kier molecular flexibility index (Phi) is 4.96. The van der Waals surface area contributed by atoms with Crippen molar-refractivity contribution in [2.24, 2.45) is 5.73 Å². The topological polar surface area (TPSA) is 26.0 Å². The Balaban J connectivity index is 2.03. The highest BCUT2D eigenvalue weighted by Gasteiger charge is 2.14. The van der Waals surface area contributed by atoms with Crippen molar-refractivity contribution in [1.82, 2.24) is 0 Å². The number of halogens is 3. The molecule has 2 aromatic carbocycles. The fraction of sp³-hybridized carbons (Fsp3) is 0.143. The summed E-state index contributed by atoms with van der Waals surface area (Å²) in [6.45, 7) is 0. The van der Waals surface area contributed by atoms with Crippen molar-refractivity contribution in [3.8, 4) is 0 Å². The van der Waals surface area contributed by atoms with Crippen LogP contribution in [0.3, 0.4) is 0 Å². The smallest absolute Gasteiger partial charge is 0.163 e. The first-order valence-electron chi connectivity index (χ1n) is 5.66. The molecule has 0 bridgehead atoms. The molecule has 0 saturated heterocycles. The van der Waals surface area contributed by atoms with Crippen LogP contribution < -0.4 is 5.73 Å². The van der Waals surface area contributed by atoms with Crippen LogP contribution in [0.4, 0.5) is 8.78 Å². The van der Waals surface area contributed by atoms with Crippen molar-refractivity contribution in [3.63, 3.8) is 0 Å². The van der Waals surface area contributed by atoms with Crippen LogP contribution >= 0.6 is 27.7 Å². The molecular weight excluding hydrogens is 332 g/mol. The Labute approximate surface area is 123 Å². The van der Waals surface area contributed by atoms with E-state index in [1.54, 1.807) is 0 Å². The Morgan fingerprint density at radius 3 is 2.47 bits per heavy atom. The van der Waals surface area contributed by atoms with Gasteiger partial charge in [0.15, 0.2) is 11.6 Å². The summed E-state index contributed by atoms with van der Waals surface area (Å²) in [7, 11) is 0. The van der Waals surface area contributed by atoms with E-state index < -0.39 is 17.7 Å². The number of hydrogen-bond acceptors (Lipinski definition) is 2. The molecule has 1 nitrogen and oxygen atoms in total. The van der Waals surface area contributed by atoms with Gasteiger partial charge in [-0.3, -0.25) is 0 Å². The first kappa shape index (κ1) is 14.5. The van der Waals surface area contributed by atoms with E-state index in [4.69, 9.17) is 5.73 Å². The number of nitrogens with two attached hydrogens (primary N) is 1. The molecule has 0 aliphatic carbocycles. The van der Waals surface area contributed by atoms with E-state index in [2.05, 4.69) is 15.9 Å². The second-order valence-corrected chi connectivity index (χ2v) is 6.02. The van der Waals surface area contributed by atoms with Gasteiger partial charge >= 0.3 is 0 Å². The van der Waals surface area contributed by atoms with E-state index in [9.17, 15) is 8.78 Å². The lowest BCUT2D eigenvalue weighted by molar-refractivity contribution is 0.493. The molecule has 0 aromatic heterocycles. The molecule has 1 unspecified atom stereocenters. The Hall–Kier alpha value is -0.910. The van der Waals surface area contributed by atoms with Crippen molar-refractivity contribution < 1.29 is 8.78 Å². The fourth-order valence-corrected chi connectivity index (χ4v) is 2.76. The summed E-state index contributed by atoms with van der Waals surface area (Å²) in [4.78, 5) is 1.04. The van der Waals surface area contributed by atoms with Crippen LogP contribution in [0.1, 0.15) is 11.6 Å². The summed E-state index contributed by atoms with van der Waals surface area (Å²) in [5, 5.41) is 0. The van der Waals surface area contributed by atoms with Gasteiger partial charge < -0.3 is 5.73 Å². The van der Waals surface area contributed by atoms with Gasteiger partial charge in [0.2, 0.25) is 0 Å². The summed E-state index contributed by atoms with van der Waals surface area (Å²) in [6.07, 6.45) is 0. The molecular formula is C14H12BrF2NS. The van der Waals surface area contributed by atoms with Crippen LogP contribution in [-0.4, -0.2) is 5.75 Å². The highest BCUT2D eigenvalue weighted by Crippen LogP contribution is 2.26. The summed E-state index contributed by atoms with van der Waals surface area (Å²) in [5.41, 5.74) is 6.12. The highest BCUT2D eigenvalue weighted by molar-refractivity contribution is 9.10. The Morgan fingerprint density at radius 2 is 1.79 bits per heavy atom. The molecule has 0 spiro atoms. The predicted octanol–water partition coefficient (Wildman–Crippen LogP) is 4.52. The van der Waals surface area contributed by atoms with Crippen LogP contribution in [0.15, 0.2) is 51.8 Å². The number of rotatable bonds is 4. The lowest BCUT2D eigenvalue weighted by Gasteiger charge is -2.13. The largest absolute Gasteiger partial charge is 0.323 e. The third-order valence-electron chi connectivity index (χ3n) is 2.62. The molecule has 2 aromatic rings. The van der Waals surface area contributed by atoms with Crippen LogP contribution in [0.2, 0.25) is 0 Å². The molecule has 0 aliphatic heterocycles. The molecule has 0 amide bonds. The normalized spacial score (nSPS) is 12.4. The molecule has 0 fully saturated rings.